The maximum absolute atomic E-state index is 10.6. The Labute approximate surface area is 143 Å². The second-order valence-corrected chi connectivity index (χ2v) is 7.19. The Bertz CT molecular complexity index is 431. The topological polar surface area (TPSA) is 23.5 Å². The van der Waals surface area contributed by atoms with Crippen LogP contribution < -0.4 is 4.90 Å². The van der Waals surface area contributed by atoms with Crippen molar-refractivity contribution in [2.75, 3.05) is 19.0 Å². The number of anilines is 1. The summed E-state index contributed by atoms with van der Waals surface area (Å²) in [6, 6.07) is 6.14. The van der Waals surface area contributed by atoms with E-state index in [9.17, 15) is 5.11 Å². The van der Waals surface area contributed by atoms with Crippen LogP contribution in [0.1, 0.15) is 84.1 Å². The highest BCUT2D eigenvalue weighted by Crippen LogP contribution is 2.44. The normalized spacial score (nSPS) is 11.7. The SMILES string of the molecule is CCCCC(CCCC)(CCCC)c1cc(N(C)C)ccc1O. The number of hydrogen-bond donors (Lipinski definition) is 1. The first-order valence-corrected chi connectivity index (χ1v) is 9.51. The predicted octanol–water partition coefficient (Wildman–Crippen LogP) is 6.27. The second-order valence-electron chi connectivity index (χ2n) is 7.19. The van der Waals surface area contributed by atoms with E-state index in [0.29, 0.717) is 5.75 Å². The van der Waals surface area contributed by atoms with Gasteiger partial charge in [-0.3, -0.25) is 0 Å². The van der Waals surface area contributed by atoms with Crippen LogP contribution in [0.5, 0.6) is 5.75 Å². The van der Waals surface area contributed by atoms with Crippen LogP contribution in [-0.2, 0) is 5.41 Å². The highest BCUT2D eigenvalue weighted by molar-refractivity contribution is 5.54. The van der Waals surface area contributed by atoms with Crippen molar-refractivity contribution in [3.63, 3.8) is 0 Å². The minimum atomic E-state index is 0.137. The molecule has 0 bridgehead atoms. The zero-order chi connectivity index (χ0) is 17.3. The largest absolute Gasteiger partial charge is 0.508 e. The Morgan fingerprint density at radius 3 is 1.74 bits per heavy atom. The molecule has 0 spiro atoms. The molecule has 23 heavy (non-hydrogen) atoms. The number of unbranched alkanes of at least 4 members (excludes halogenated alkanes) is 3. The minimum absolute atomic E-state index is 0.137. The number of hydrogen-bond acceptors (Lipinski definition) is 2. The fourth-order valence-electron chi connectivity index (χ4n) is 3.55. The van der Waals surface area contributed by atoms with Crippen molar-refractivity contribution in [3.05, 3.63) is 23.8 Å². The van der Waals surface area contributed by atoms with Crippen molar-refractivity contribution in [1.29, 1.82) is 0 Å². The van der Waals surface area contributed by atoms with Crippen LogP contribution >= 0.6 is 0 Å². The van der Waals surface area contributed by atoms with Crippen molar-refractivity contribution < 1.29 is 5.11 Å². The van der Waals surface area contributed by atoms with Gasteiger partial charge in [0.25, 0.3) is 0 Å². The molecule has 0 atom stereocenters. The third kappa shape index (κ3) is 5.44. The Kier molecular flexibility index (Phi) is 8.51. The number of nitrogens with zero attached hydrogens (tertiary/aromatic N) is 1. The number of rotatable bonds is 11. The maximum Gasteiger partial charge on any atom is 0.119 e. The predicted molar refractivity (Wildman–Crippen MR) is 103 cm³/mol. The molecule has 0 aliphatic carbocycles. The summed E-state index contributed by atoms with van der Waals surface area (Å²) in [5, 5.41) is 10.6. The molecule has 0 aliphatic rings. The van der Waals surface area contributed by atoms with E-state index in [0.717, 1.165) is 0 Å². The van der Waals surface area contributed by atoms with Crippen LogP contribution in [-0.4, -0.2) is 19.2 Å². The van der Waals surface area contributed by atoms with Gasteiger partial charge in [0.05, 0.1) is 0 Å². The summed E-state index contributed by atoms with van der Waals surface area (Å²) in [7, 11) is 4.14. The first-order valence-electron chi connectivity index (χ1n) is 9.51. The van der Waals surface area contributed by atoms with Crippen LogP contribution in [0.15, 0.2) is 18.2 Å². The Morgan fingerprint density at radius 1 is 0.870 bits per heavy atom. The van der Waals surface area contributed by atoms with Crippen molar-refractivity contribution in [3.8, 4) is 5.75 Å². The lowest BCUT2D eigenvalue weighted by Gasteiger charge is -2.36. The minimum Gasteiger partial charge on any atom is -0.508 e. The van der Waals surface area contributed by atoms with Gasteiger partial charge in [0, 0.05) is 25.3 Å². The van der Waals surface area contributed by atoms with Crippen molar-refractivity contribution in [2.24, 2.45) is 0 Å². The Balaban J connectivity index is 3.30. The average molecular weight is 320 g/mol. The molecule has 1 N–H and O–H groups in total. The van der Waals surface area contributed by atoms with Gasteiger partial charge in [-0.25, -0.2) is 0 Å². The van der Waals surface area contributed by atoms with Gasteiger partial charge in [0.1, 0.15) is 5.75 Å². The van der Waals surface area contributed by atoms with E-state index >= 15 is 0 Å². The fraction of sp³-hybridized carbons (Fsp3) is 0.714. The van der Waals surface area contributed by atoms with E-state index < -0.39 is 0 Å². The van der Waals surface area contributed by atoms with E-state index in [1.807, 2.05) is 12.1 Å². The molecule has 1 rings (SSSR count). The molecule has 132 valence electrons. The van der Waals surface area contributed by atoms with Gasteiger partial charge in [-0.05, 0) is 42.9 Å². The van der Waals surface area contributed by atoms with Gasteiger partial charge in [-0.1, -0.05) is 59.3 Å². The zero-order valence-electron chi connectivity index (χ0n) is 16.0. The van der Waals surface area contributed by atoms with Crippen LogP contribution in [0.25, 0.3) is 0 Å². The van der Waals surface area contributed by atoms with E-state index in [4.69, 9.17) is 0 Å². The van der Waals surface area contributed by atoms with Crippen molar-refractivity contribution >= 4 is 5.69 Å². The summed E-state index contributed by atoms with van der Waals surface area (Å²) in [6.07, 6.45) is 10.9. The summed E-state index contributed by atoms with van der Waals surface area (Å²) in [4.78, 5) is 2.13. The van der Waals surface area contributed by atoms with Gasteiger partial charge < -0.3 is 10.0 Å². The van der Waals surface area contributed by atoms with E-state index in [1.165, 1.54) is 69.0 Å². The summed E-state index contributed by atoms with van der Waals surface area (Å²) < 4.78 is 0. The Hall–Kier alpha value is -1.18. The van der Waals surface area contributed by atoms with E-state index in [2.05, 4.69) is 45.8 Å². The average Bonchev–Trinajstić information content (AvgIpc) is 2.55. The smallest absolute Gasteiger partial charge is 0.119 e. The molecule has 0 aliphatic heterocycles. The van der Waals surface area contributed by atoms with E-state index in [1.54, 1.807) is 0 Å². The summed E-state index contributed by atoms with van der Waals surface area (Å²) in [6.45, 7) is 6.79. The molecule has 1 aromatic rings. The molecule has 2 nitrogen and oxygen atoms in total. The standard InChI is InChI=1S/C21H37NO/c1-6-9-14-21(15-10-7-2,16-11-8-3)19-17-18(22(4)5)12-13-20(19)23/h12-13,17,23H,6-11,14-16H2,1-5H3. The first-order chi connectivity index (χ1) is 11.0. The number of phenols is 1. The molecule has 0 fully saturated rings. The quantitative estimate of drug-likeness (QED) is 0.520. The molecular weight excluding hydrogens is 282 g/mol. The highest BCUT2D eigenvalue weighted by Gasteiger charge is 2.33. The molecule has 0 unspecified atom stereocenters. The Morgan fingerprint density at radius 2 is 1.35 bits per heavy atom. The van der Waals surface area contributed by atoms with Crippen LogP contribution in [0.2, 0.25) is 0 Å². The molecule has 0 saturated carbocycles. The lowest BCUT2D eigenvalue weighted by atomic mass is 9.69. The third-order valence-corrected chi connectivity index (χ3v) is 5.09. The van der Waals surface area contributed by atoms with Crippen molar-refractivity contribution in [1.82, 2.24) is 0 Å². The van der Waals surface area contributed by atoms with Gasteiger partial charge in [-0.2, -0.15) is 0 Å². The van der Waals surface area contributed by atoms with Crippen LogP contribution in [0.4, 0.5) is 5.69 Å². The number of phenolic OH excluding ortho intramolecular Hbond substituents is 1. The summed E-state index contributed by atoms with van der Waals surface area (Å²) in [5.74, 6) is 0.485. The summed E-state index contributed by atoms with van der Waals surface area (Å²) in [5.41, 5.74) is 2.50. The zero-order valence-corrected chi connectivity index (χ0v) is 16.0. The third-order valence-electron chi connectivity index (χ3n) is 5.09. The molecule has 0 aromatic heterocycles. The molecule has 1 aromatic carbocycles. The van der Waals surface area contributed by atoms with E-state index in [-0.39, 0.29) is 5.41 Å². The maximum atomic E-state index is 10.6. The monoisotopic (exact) mass is 319 g/mol. The van der Waals surface area contributed by atoms with Gasteiger partial charge in [0.15, 0.2) is 0 Å². The first kappa shape index (κ1) is 19.9. The van der Waals surface area contributed by atoms with Gasteiger partial charge in [-0.15, -0.1) is 0 Å². The van der Waals surface area contributed by atoms with Crippen LogP contribution in [0, 0.1) is 0 Å². The number of benzene rings is 1. The fourth-order valence-corrected chi connectivity index (χ4v) is 3.55. The summed E-state index contributed by atoms with van der Waals surface area (Å²) >= 11 is 0. The van der Waals surface area contributed by atoms with Crippen LogP contribution in [0.3, 0.4) is 0 Å². The molecule has 0 saturated heterocycles. The second kappa shape index (κ2) is 9.85. The number of aromatic hydroxyl groups is 1. The molecule has 0 radical (unpaired) electrons. The van der Waals surface area contributed by atoms with Crippen molar-refractivity contribution in [2.45, 2.75) is 84.0 Å². The molecular formula is C21H37NO. The highest BCUT2D eigenvalue weighted by atomic mass is 16.3. The molecule has 2 heteroatoms. The lowest BCUT2D eigenvalue weighted by Crippen LogP contribution is -2.27. The van der Waals surface area contributed by atoms with Gasteiger partial charge >= 0.3 is 0 Å². The van der Waals surface area contributed by atoms with Gasteiger partial charge in [0.2, 0.25) is 0 Å². The lowest BCUT2D eigenvalue weighted by molar-refractivity contribution is 0.298. The molecule has 0 heterocycles. The molecule has 0 amide bonds.